The van der Waals surface area contributed by atoms with Gasteiger partial charge in [0.05, 0.1) is 0 Å². The molecule has 0 aliphatic heterocycles. The van der Waals surface area contributed by atoms with E-state index in [0.717, 1.165) is 5.56 Å². The van der Waals surface area contributed by atoms with Crippen molar-refractivity contribution in [3.63, 3.8) is 0 Å². The summed E-state index contributed by atoms with van der Waals surface area (Å²) < 4.78 is 5.34. The second-order valence-electron chi connectivity index (χ2n) is 4.35. The number of carboxylic acid groups (broad SMARTS) is 1. The van der Waals surface area contributed by atoms with E-state index < -0.39 is 5.97 Å². The van der Waals surface area contributed by atoms with E-state index in [9.17, 15) is 4.79 Å². The van der Waals surface area contributed by atoms with E-state index in [1.807, 2.05) is 36.4 Å². The van der Waals surface area contributed by atoms with Crippen LogP contribution in [0.15, 0.2) is 54.6 Å². The van der Waals surface area contributed by atoms with Crippen LogP contribution in [0.25, 0.3) is 0 Å². The van der Waals surface area contributed by atoms with Crippen LogP contribution in [-0.2, 0) is 4.79 Å². The van der Waals surface area contributed by atoms with Crippen LogP contribution in [0, 0.1) is 0 Å². The summed E-state index contributed by atoms with van der Waals surface area (Å²) >= 11 is 0. The zero-order valence-electron chi connectivity index (χ0n) is 10.7. The van der Waals surface area contributed by atoms with Crippen molar-refractivity contribution in [2.45, 2.75) is 12.8 Å². The Morgan fingerprint density at radius 2 is 1.74 bits per heavy atom. The van der Waals surface area contributed by atoms with E-state index in [4.69, 9.17) is 9.84 Å². The van der Waals surface area contributed by atoms with Gasteiger partial charge in [-0.3, -0.25) is 0 Å². The molecule has 0 aliphatic carbocycles. The Balaban J connectivity index is 2.26. The normalized spacial score (nSPS) is 11.8. The maximum absolute atomic E-state index is 10.6. The third kappa shape index (κ3) is 3.35. The maximum Gasteiger partial charge on any atom is 0.341 e. The molecule has 0 radical (unpaired) electrons. The van der Waals surface area contributed by atoms with Gasteiger partial charge in [-0.25, -0.2) is 4.79 Å². The molecule has 0 bridgehead atoms. The molecule has 2 rings (SSSR count). The molecule has 0 fully saturated rings. The molecule has 19 heavy (non-hydrogen) atoms. The minimum atomic E-state index is -0.970. The summed E-state index contributed by atoms with van der Waals surface area (Å²) in [6, 6.07) is 17.6. The van der Waals surface area contributed by atoms with Crippen molar-refractivity contribution in [1.29, 1.82) is 0 Å². The van der Waals surface area contributed by atoms with Crippen molar-refractivity contribution in [3.8, 4) is 5.75 Å². The molecule has 0 spiro atoms. The van der Waals surface area contributed by atoms with Crippen molar-refractivity contribution in [2.24, 2.45) is 0 Å². The quantitative estimate of drug-likeness (QED) is 0.892. The van der Waals surface area contributed by atoms with Crippen molar-refractivity contribution in [2.75, 3.05) is 6.61 Å². The van der Waals surface area contributed by atoms with Gasteiger partial charge in [0.25, 0.3) is 0 Å². The number of aliphatic carboxylic acids is 1. The van der Waals surface area contributed by atoms with Crippen molar-refractivity contribution >= 4 is 5.97 Å². The molecule has 0 aromatic heterocycles. The predicted octanol–water partition coefficient (Wildman–Crippen LogP) is 3.30. The van der Waals surface area contributed by atoms with Crippen LogP contribution in [0.3, 0.4) is 0 Å². The first kappa shape index (κ1) is 13.1. The number of carbonyl (C=O) groups is 1. The van der Waals surface area contributed by atoms with Crippen molar-refractivity contribution < 1.29 is 14.6 Å². The molecule has 3 nitrogen and oxygen atoms in total. The molecular weight excluding hydrogens is 240 g/mol. The van der Waals surface area contributed by atoms with E-state index in [1.54, 1.807) is 6.07 Å². The lowest BCUT2D eigenvalue weighted by Crippen LogP contribution is -2.11. The van der Waals surface area contributed by atoms with Crippen LogP contribution >= 0.6 is 0 Å². The minimum absolute atomic E-state index is 0.159. The number of hydrogen-bond acceptors (Lipinski definition) is 2. The third-order valence-electron chi connectivity index (χ3n) is 3.04. The first-order valence-electron chi connectivity index (χ1n) is 6.17. The third-order valence-corrected chi connectivity index (χ3v) is 3.04. The summed E-state index contributed by atoms with van der Waals surface area (Å²) in [7, 11) is 0. The summed E-state index contributed by atoms with van der Waals surface area (Å²) in [5, 5.41) is 8.70. The number of rotatable bonds is 5. The Bertz CT molecular complexity index is 549. The first-order valence-corrected chi connectivity index (χ1v) is 6.17. The molecule has 1 atom stereocenters. The fourth-order valence-electron chi connectivity index (χ4n) is 2.03. The first-order chi connectivity index (χ1) is 9.18. The van der Waals surface area contributed by atoms with Gasteiger partial charge in [0.1, 0.15) is 5.75 Å². The van der Waals surface area contributed by atoms with Gasteiger partial charge < -0.3 is 9.84 Å². The van der Waals surface area contributed by atoms with Gasteiger partial charge in [-0.15, -0.1) is 0 Å². The van der Waals surface area contributed by atoms with Gasteiger partial charge in [0, 0.05) is 11.5 Å². The topological polar surface area (TPSA) is 46.5 Å². The molecule has 0 saturated heterocycles. The molecule has 0 amide bonds. The number of benzene rings is 2. The predicted molar refractivity (Wildman–Crippen MR) is 73.5 cm³/mol. The highest BCUT2D eigenvalue weighted by atomic mass is 16.5. The minimum Gasteiger partial charge on any atom is -0.482 e. The Kier molecular flexibility index (Phi) is 4.18. The summed E-state index contributed by atoms with van der Waals surface area (Å²) in [5.74, 6) is -0.186. The van der Waals surface area contributed by atoms with Crippen LogP contribution in [-0.4, -0.2) is 17.7 Å². The number of para-hydroxylation sites is 1. The van der Waals surface area contributed by atoms with E-state index in [2.05, 4.69) is 19.1 Å². The molecule has 1 N–H and O–H groups in total. The van der Waals surface area contributed by atoms with Gasteiger partial charge in [-0.1, -0.05) is 55.5 Å². The van der Waals surface area contributed by atoms with E-state index >= 15 is 0 Å². The largest absolute Gasteiger partial charge is 0.482 e. The van der Waals surface area contributed by atoms with E-state index in [1.165, 1.54) is 5.56 Å². The average molecular weight is 256 g/mol. The van der Waals surface area contributed by atoms with E-state index in [-0.39, 0.29) is 12.5 Å². The van der Waals surface area contributed by atoms with Gasteiger partial charge in [-0.05, 0) is 11.6 Å². The standard InChI is InChI=1S/C16H16O3/c1-12(13-7-3-2-4-8-13)14-9-5-6-10-15(14)19-11-16(17)18/h2-10,12H,11H2,1H3,(H,17,18). The number of ether oxygens (including phenoxy) is 1. The molecule has 2 aromatic carbocycles. The SMILES string of the molecule is CC(c1ccccc1)c1ccccc1OCC(=O)O. The van der Waals surface area contributed by atoms with Gasteiger partial charge >= 0.3 is 5.97 Å². The smallest absolute Gasteiger partial charge is 0.341 e. The van der Waals surface area contributed by atoms with Crippen LogP contribution in [0.2, 0.25) is 0 Å². The molecule has 2 aromatic rings. The Hall–Kier alpha value is -2.29. The highest BCUT2D eigenvalue weighted by Gasteiger charge is 2.13. The Morgan fingerprint density at radius 3 is 2.42 bits per heavy atom. The zero-order valence-corrected chi connectivity index (χ0v) is 10.7. The molecule has 0 aliphatic rings. The molecule has 98 valence electrons. The van der Waals surface area contributed by atoms with Crippen molar-refractivity contribution in [1.82, 2.24) is 0 Å². The van der Waals surface area contributed by atoms with Crippen LogP contribution in [0.4, 0.5) is 0 Å². The van der Waals surface area contributed by atoms with Gasteiger partial charge in [-0.2, -0.15) is 0 Å². The Morgan fingerprint density at radius 1 is 1.11 bits per heavy atom. The fraction of sp³-hybridized carbons (Fsp3) is 0.188. The Labute approximate surface area is 112 Å². The maximum atomic E-state index is 10.6. The second kappa shape index (κ2) is 6.05. The monoisotopic (exact) mass is 256 g/mol. The van der Waals surface area contributed by atoms with E-state index in [0.29, 0.717) is 5.75 Å². The lowest BCUT2D eigenvalue weighted by atomic mass is 9.92. The number of hydrogen-bond donors (Lipinski definition) is 1. The zero-order chi connectivity index (χ0) is 13.7. The summed E-state index contributed by atoms with van der Waals surface area (Å²) in [6.45, 7) is 1.76. The number of carboxylic acids is 1. The molecular formula is C16H16O3. The molecule has 0 saturated carbocycles. The lowest BCUT2D eigenvalue weighted by molar-refractivity contribution is -0.139. The summed E-state index contributed by atoms with van der Waals surface area (Å²) in [6.07, 6.45) is 0. The van der Waals surface area contributed by atoms with Crippen LogP contribution in [0.5, 0.6) is 5.75 Å². The van der Waals surface area contributed by atoms with Crippen LogP contribution < -0.4 is 4.74 Å². The fourth-order valence-corrected chi connectivity index (χ4v) is 2.03. The molecule has 0 heterocycles. The van der Waals surface area contributed by atoms with Crippen LogP contribution in [0.1, 0.15) is 24.0 Å². The highest BCUT2D eigenvalue weighted by Crippen LogP contribution is 2.31. The van der Waals surface area contributed by atoms with Gasteiger partial charge in [0.15, 0.2) is 6.61 Å². The molecule has 1 unspecified atom stereocenters. The summed E-state index contributed by atoms with van der Waals surface area (Å²) in [5.41, 5.74) is 2.17. The second-order valence-corrected chi connectivity index (χ2v) is 4.35. The highest BCUT2D eigenvalue weighted by molar-refractivity contribution is 5.68. The molecule has 3 heteroatoms. The van der Waals surface area contributed by atoms with Gasteiger partial charge in [0.2, 0.25) is 0 Å². The van der Waals surface area contributed by atoms with Crippen molar-refractivity contribution in [3.05, 3.63) is 65.7 Å². The lowest BCUT2D eigenvalue weighted by Gasteiger charge is -2.16. The average Bonchev–Trinajstić information content (AvgIpc) is 2.45. The summed E-state index contributed by atoms with van der Waals surface area (Å²) in [4.78, 5) is 10.6.